The zero-order valence-electron chi connectivity index (χ0n) is 13.0. The van der Waals surface area contributed by atoms with Gasteiger partial charge in [0.05, 0.1) is 7.11 Å². The molecule has 0 spiro atoms. The number of aryl methyl sites for hydroxylation is 1. The molecule has 0 atom stereocenters. The van der Waals surface area contributed by atoms with Crippen molar-refractivity contribution in [1.82, 2.24) is 5.32 Å². The second-order valence-electron chi connectivity index (χ2n) is 5.03. The maximum atomic E-state index is 5.98. The summed E-state index contributed by atoms with van der Waals surface area (Å²) in [6.45, 7) is 6.46. The standard InChI is InChI=1S/C18H23NO2/c1-4-19-12-16-11-17(20-3)8-9-18(16)21-13-15-7-5-6-14(2)10-15/h5-11,19H,4,12-13H2,1-3H3. The Hall–Kier alpha value is -2.00. The normalized spacial score (nSPS) is 10.4. The Bertz CT molecular complexity index is 581. The van der Waals surface area contributed by atoms with E-state index in [2.05, 4.69) is 43.4 Å². The third-order valence-corrected chi connectivity index (χ3v) is 3.31. The molecule has 3 heteroatoms. The second kappa shape index (κ2) is 7.70. The van der Waals surface area contributed by atoms with Crippen LogP contribution < -0.4 is 14.8 Å². The van der Waals surface area contributed by atoms with Crippen LogP contribution in [0, 0.1) is 6.92 Å². The summed E-state index contributed by atoms with van der Waals surface area (Å²) in [7, 11) is 1.68. The van der Waals surface area contributed by atoms with Crippen LogP contribution >= 0.6 is 0 Å². The summed E-state index contributed by atoms with van der Waals surface area (Å²) in [6, 6.07) is 14.3. The van der Waals surface area contributed by atoms with Crippen molar-refractivity contribution in [2.75, 3.05) is 13.7 Å². The number of ether oxygens (including phenoxy) is 2. The lowest BCUT2D eigenvalue weighted by Gasteiger charge is -2.13. The highest BCUT2D eigenvalue weighted by molar-refractivity contribution is 5.40. The molecule has 112 valence electrons. The van der Waals surface area contributed by atoms with Gasteiger partial charge in [-0.2, -0.15) is 0 Å². The van der Waals surface area contributed by atoms with Crippen molar-refractivity contribution in [1.29, 1.82) is 0 Å². The summed E-state index contributed by atoms with van der Waals surface area (Å²) in [4.78, 5) is 0. The molecule has 0 amide bonds. The molecule has 0 heterocycles. The fourth-order valence-corrected chi connectivity index (χ4v) is 2.18. The minimum atomic E-state index is 0.577. The van der Waals surface area contributed by atoms with Gasteiger partial charge in [-0.15, -0.1) is 0 Å². The predicted molar refractivity (Wildman–Crippen MR) is 85.9 cm³/mol. The Labute approximate surface area is 126 Å². The van der Waals surface area contributed by atoms with Crippen molar-refractivity contribution >= 4 is 0 Å². The molecule has 2 aromatic carbocycles. The highest BCUT2D eigenvalue weighted by atomic mass is 16.5. The molecular weight excluding hydrogens is 262 g/mol. The third kappa shape index (κ3) is 4.50. The lowest BCUT2D eigenvalue weighted by molar-refractivity contribution is 0.301. The monoisotopic (exact) mass is 285 g/mol. The van der Waals surface area contributed by atoms with E-state index in [9.17, 15) is 0 Å². The van der Waals surface area contributed by atoms with Crippen molar-refractivity contribution in [2.24, 2.45) is 0 Å². The molecule has 0 aromatic heterocycles. The molecule has 0 radical (unpaired) electrons. The van der Waals surface area contributed by atoms with Gasteiger partial charge in [0.25, 0.3) is 0 Å². The predicted octanol–water partition coefficient (Wildman–Crippen LogP) is 3.69. The highest BCUT2D eigenvalue weighted by Gasteiger charge is 2.06. The van der Waals surface area contributed by atoms with E-state index in [4.69, 9.17) is 9.47 Å². The smallest absolute Gasteiger partial charge is 0.124 e. The van der Waals surface area contributed by atoms with Crippen LogP contribution in [0.2, 0.25) is 0 Å². The molecule has 0 unspecified atom stereocenters. The van der Waals surface area contributed by atoms with E-state index in [1.807, 2.05) is 18.2 Å². The molecule has 0 fully saturated rings. The van der Waals surface area contributed by atoms with E-state index >= 15 is 0 Å². The van der Waals surface area contributed by atoms with Gasteiger partial charge in [0.2, 0.25) is 0 Å². The fraction of sp³-hybridized carbons (Fsp3) is 0.333. The molecule has 0 aliphatic heterocycles. The molecule has 2 aromatic rings. The van der Waals surface area contributed by atoms with E-state index in [0.717, 1.165) is 30.2 Å². The van der Waals surface area contributed by atoms with Crippen molar-refractivity contribution < 1.29 is 9.47 Å². The van der Waals surface area contributed by atoms with E-state index in [0.29, 0.717) is 6.61 Å². The molecule has 2 rings (SSSR count). The molecule has 1 N–H and O–H groups in total. The molecule has 21 heavy (non-hydrogen) atoms. The molecule has 0 saturated heterocycles. The number of rotatable bonds is 7. The van der Waals surface area contributed by atoms with Gasteiger partial charge in [-0.3, -0.25) is 0 Å². The van der Waals surface area contributed by atoms with Crippen LogP contribution in [0.1, 0.15) is 23.6 Å². The van der Waals surface area contributed by atoms with Crippen molar-refractivity contribution in [3.05, 3.63) is 59.2 Å². The van der Waals surface area contributed by atoms with Gasteiger partial charge in [0, 0.05) is 12.1 Å². The molecule has 0 aliphatic rings. The summed E-state index contributed by atoms with van der Waals surface area (Å²) >= 11 is 0. The first-order valence-electron chi connectivity index (χ1n) is 7.29. The zero-order chi connectivity index (χ0) is 15.1. The van der Waals surface area contributed by atoms with Gasteiger partial charge in [-0.25, -0.2) is 0 Å². The SMILES string of the molecule is CCNCc1cc(OC)ccc1OCc1cccc(C)c1. The molecule has 0 saturated carbocycles. The molecule has 3 nitrogen and oxygen atoms in total. The Morgan fingerprint density at radius 3 is 2.67 bits per heavy atom. The number of benzene rings is 2. The number of methoxy groups -OCH3 is 1. The largest absolute Gasteiger partial charge is 0.497 e. The van der Waals surface area contributed by atoms with Crippen LogP contribution in [0.3, 0.4) is 0 Å². The van der Waals surface area contributed by atoms with Crippen LogP contribution in [0.15, 0.2) is 42.5 Å². The van der Waals surface area contributed by atoms with Gasteiger partial charge < -0.3 is 14.8 Å². The highest BCUT2D eigenvalue weighted by Crippen LogP contribution is 2.25. The fourth-order valence-electron chi connectivity index (χ4n) is 2.18. The quantitative estimate of drug-likeness (QED) is 0.841. The van der Waals surface area contributed by atoms with Gasteiger partial charge in [0.1, 0.15) is 18.1 Å². The summed E-state index contributed by atoms with van der Waals surface area (Å²) in [6.07, 6.45) is 0. The van der Waals surface area contributed by atoms with E-state index < -0.39 is 0 Å². The van der Waals surface area contributed by atoms with Crippen molar-refractivity contribution in [3.63, 3.8) is 0 Å². The number of hydrogen-bond donors (Lipinski definition) is 1. The summed E-state index contributed by atoms with van der Waals surface area (Å²) in [5.41, 5.74) is 3.54. The first kappa shape index (κ1) is 15.4. The maximum Gasteiger partial charge on any atom is 0.124 e. The molecule has 0 bridgehead atoms. The Balaban J connectivity index is 2.10. The minimum Gasteiger partial charge on any atom is -0.497 e. The lowest BCUT2D eigenvalue weighted by Crippen LogP contribution is -2.13. The minimum absolute atomic E-state index is 0.577. The Morgan fingerprint density at radius 1 is 1.10 bits per heavy atom. The van der Waals surface area contributed by atoms with E-state index in [-0.39, 0.29) is 0 Å². The van der Waals surface area contributed by atoms with Crippen molar-refractivity contribution in [3.8, 4) is 11.5 Å². The van der Waals surface area contributed by atoms with Crippen molar-refractivity contribution in [2.45, 2.75) is 27.0 Å². The summed E-state index contributed by atoms with van der Waals surface area (Å²) in [5, 5.41) is 3.33. The van der Waals surface area contributed by atoms with Crippen LogP contribution in [-0.4, -0.2) is 13.7 Å². The Morgan fingerprint density at radius 2 is 1.95 bits per heavy atom. The van der Waals surface area contributed by atoms with Crippen LogP contribution in [0.5, 0.6) is 11.5 Å². The van der Waals surface area contributed by atoms with Gasteiger partial charge >= 0.3 is 0 Å². The van der Waals surface area contributed by atoms with E-state index in [1.54, 1.807) is 7.11 Å². The van der Waals surface area contributed by atoms with Crippen LogP contribution in [0.4, 0.5) is 0 Å². The van der Waals surface area contributed by atoms with Gasteiger partial charge in [-0.1, -0.05) is 36.8 Å². The lowest BCUT2D eigenvalue weighted by atomic mass is 10.1. The van der Waals surface area contributed by atoms with Gasteiger partial charge in [-0.05, 0) is 37.2 Å². The van der Waals surface area contributed by atoms with E-state index in [1.165, 1.54) is 11.1 Å². The summed E-state index contributed by atoms with van der Waals surface area (Å²) < 4.78 is 11.3. The van der Waals surface area contributed by atoms with Gasteiger partial charge in [0.15, 0.2) is 0 Å². The number of nitrogens with one attached hydrogen (secondary N) is 1. The molecule has 0 aliphatic carbocycles. The first-order valence-corrected chi connectivity index (χ1v) is 7.29. The Kier molecular flexibility index (Phi) is 5.64. The average Bonchev–Trinajstić information content (AvgIpc) is 2.51. The first-order chi connectivity index (χ1) is 10.2. The van der Waals surface area contributed by atoms with Crippen LogP contribution in [-0.2, 0) is 13.2 Å². The number of hydrogen-bond acceptors (Lipinski definition) is 3. The molecular formula is C18H23NO2. The third-order valence-electron chi connectivity index (χ3n) is 3.31. The maximum absolute atomic E-state index is 5.98. The van der Waals surface area contributed by atoms with Crippen LogP contribution in [0.25, 0.3) is 0 Å². The zero-order valence-corrected chi connectivity index (χ0v) is 13.0. The second-order valence-corrected chi connectivity index (χ2v) is 5.03. The summed E-state index contributed by atoms with van der Waals surface area (Å²) in [5.74, 6) is 1.75. The average molecular weight is 285 g/mol. The topological polar surface area (TPSA) is 30.5 Å².